The van der Waals surface area contributed by atoms with Crippen LogP contribution in [-0.2, 0) is 20.9 Å². The Morgan fingerprint density at radius 1 is 1.15 bits per heavy atom. The number of amides is 2. The van der Waals surface area contributed by atoms with E-state index in [1.54, 1.807) is 20.3 Å². The van der Waals surface area contributed by atoms with Crippen LogP contribution in [0.2, 0.25) is 0 Å². The highest BCUT2D eigenvalue weighted by molar-refractivity contribution is 5.86. The summed E-state index contributed by atoms with van der Waals surface area (Å²) in [6, 6.07) is 14.2. The predicted octanol–water partition coefficient (Wildman–Crippen LogP) is 1.58. The third-order valence-corrected chi connectivity index (χ3v) is 4.37. The molecule has 3 rings (SSSR count). The summed E-state index contributed by atoms with van der Waals surface area (Å²) in [6.07, 6.45) is -0.818. The van der Waals surface area contributed by atoms with Gasteiger partial charge in [-0.15, -0.1) is 0 Å². The molecule has 2 N–H and O–H groups in total. The summed E-state index contributed by atoms with van der Waals surface area (Å²) < 4.78 is 16.2. The van der Waals surface area contributed by atoms with E-state index in [-0.39, 0.29) is 25.0 Å². The zero-order valence-corrected chi connectivity index (χ0v) is 15.2. The summed E-state index contributed by atoms with van der Waals surface area (Å²) in [5.41, 5.74) is 1.59. The van der Waals surface area contributed by atoms with Crippen molar-refractivity contribution in [3.63, 3.8) is 0 Å². The van der Waals surface area contributed by atoms with Gasteiger partial charge in [0.05, 0.1) is 20.3 Å². The first kappa shape index (κ1) is 18.7. The van der Waals surface area contributed by atoms with Gasteiger partial charge in [-0.1, -0.05) is 42.5 Å². The predicted molar refractivity (Wildman–Crippen MR) is 98.5 cm³/mol. The van der Waals surface area contributed by atoms with Gasteiger partial charge in [-0.05, 0) is 11.6 Å². The minimum absolute atomic E-state index is 0.149. The van der Waals surface area contributed by atoms with Crippen LogP contribution in [0.3, 0.4) is 0 Å². The second-order valence-corrected chi connectivity index (χ2v) is 6.06. The van der Waals surface area contributed by atoms with E-state index >= 15 is 0 Å². The van der Waals surface area contributed by atoms with Crippen LogP contribution in [0.15, 0.2) is 48.5 Å². The van der Waals surface area contributed by atoms with Gasteiger partial charge in [-0.25, -0.2) is 0 Å². The quantitative estimate of drug-likeness (QED) is 0.806. The standard InChI is InChI=1S/C20H22N2O5/c1-25-15-10-6-9-14(18(15)26-2)11-21-20(24)19-17(22-16(23)12-27-19)13-7-4-3-5-8-13/h3-10,17,19H,11-12H2,1-2H3,(H,21,24)(H,22,23)/t17-,19+/m0/s1. The molecular formula is C20H22N2O5. The molecule has 0 radical (unpaired) electrons. The monoisotopic (exact) mass is 370 g/mol. The van der Waals surface area contributed by atoms with Gasteiger partial charge < -0.3 is 24.8 Å². The highest BCUT2D eigenvalue weighted by Crippen LogP contribution is 2.30. The highest BCUT2D eigenvalue weighted by Gasteiger charge is 2.35. The van der Waals surface area contributed by atoms with E-state index in [0.29, 0.717) is 11.5 Å². The van der Waals surface area contributed by atoms with Gasteiger partial charge in [0.25, 0.3) is 5.91 Å². The first-order chi connectivity index (χ1) is 13.1. The molecule has 1 aliphatic heterocycles. The lowest BCUT2D eigenvalue weighted by Gasteiger charge is -2.31. The summed E-state index contributed by atoms with van der Waals surface area (Å²) in [4.78, 5) is 24.5. The second kappa shape index (κ2) is 8.55. The van der Waals surface area contributed by atoms with Gasteiger partial charge in [-0.2, -0.15) is 0 Å². The van der Waals surface area contributed by atoms with E-state index in [1.807, 2.05) is 42.5 Å². The SMILES string of the molecule is COc1cccc(CNC(=O)[C@@H]2OCC(=O)N[C@H]2c2ccccc2)c1OC. The number of carbonyl (C=O) groups excluding carboxylic acids is 2. The molecule has 7 heteroatoms. The molecule has 142 valence electrons. The summed E-state index contributed by atoms with van der Waals surface area (Å²) in [7, 11) is 3.11. The number of methoxy groups -OCH3 is 2. The highest BCUT2D eigenvalue weighted by atomic mass is 16.5. The third kappa shape index (κ3) is 4.20. The summed E-state index contributed by atoms with van der Waals surface area (Å²) in [6.45, 7) is 0.0957. The van der Waals surface area contributed by atoms with Crippen molar-refractivity contribution >= 4 is 11.8 Å². The third-order valence-electron chi connectivity index (χ3n) is 4.37. The van der Waals surface area contributed by atoms with Gasteiger partial charge in [0.1, 0.15) is 6.61 Å². The molecule has 1 aliphatic rings. The molecule has 2 amide bonds. The van der Waals surface area contributed by atoms with Crippen LogP contribution in [0.1, 0.15) is 17.2 Å². The van der Waals surface area contributed by atoms with Gasteiger partial charge >= 0.3 is 0 Å². The number of ether oxygens (including phenoxy) is 3. The fraction of sp³-hybridized carbons (Fsp3) is 0.300. The van der Waals surface area contributed by atoms with Crippen molar-refractivity contribution in [2.24, 2.45) is 0 Å². The van der Waals surface area contributed by atoms with E-state index in [2.05, 4.69) is 10.6 Å². The zero-order valence-electron chi connectivity index (χ0n) is 15.2. The Morgan fingerprint density at radius 2 is 1.93 bits per heavy atom. The molecule has 0 bridgehead atoms. The van der Waals surface area contributed by atoms with Gasteiger partial charge in [0, 0.05) is 12.1 Å². The van der Waals surface area contributed by atoms with E-state index in [0.717, 1.165) is 11.1 Å². The lowest BCUT2D eigenvalue weighted by Crippen LogP contribution is -2.52. The number of nitrogens with one attached hydrogen (secondary N) is 2. The van der Waals surface area contributed by atoms with Crippen molar-refractivity contribution < 1.29 is 23.8 Å². The van der Waals surface area contributed by atoms with Crippen molar-refractivity contribution in [3.8, 4) is 11.5 Å². The van der Waals surface area contributed by atoms with Crippen molar-refractivity contribution in [1.82, 2.24) is 10.6 Å². The summed E-state index contributed by atoms with van der Waals surface area (Å²) >= 11 is 0. The Morgan fingerprint density at radius 3 is 2.63 bits per heavy atom. The molecule has 0 aliphatic carbocycles. The maximum atomic E-state index is 12.8. The Balaban J connectivity index is 1.74. The van der Waals surface area contributed by atoms with Crippen molar-refractivity contribution in [2.45, 2.75) is 18.7 Å². The zero-order chi connectivity index (χ0) is 19.2. The number of morpholine rings is 1. The van der Waals surface area contributed by atoms with Gasteiger partial charge in [-0.3, -0.25) is 9.59 Å². The molecule has 0 saturated carbocycles. The Hall–Kier alpha value is -3.06. The van der Waals surface area contributed by atoms with E-state index < -0.39 is 12.1 Å². The van der Waals surface area contributed by atoms with E-state index in [9.17, 15) is 9.59 Å². The maximum absolute atomic E-state index is 12.8. The Labute approximate surface area is 157 Å². The number of carbonyl (C=O) groups is 2. The lowest BCUT2D eigenvalue weighted by atomic mass is 9.99. The molecular weight excluding hydrogens is 348 g/mol. The number of hydrogen-bond acceptors (Lipinski definition) is 5. The number of para-hydroxylation sites is 1. The van der Waals surface area contributed by atoms with Crippen molar-refractivity contribution in [2.75, 3.05) is 20.8 Å². The molecule has 1 heterocycles. The van der Waals surface area contributed by atoms with E-state index in [1.165, 1.54) is 0 Å². The smallest absolute Gasteiger partial charge is 0.251 e. The Bertz CT molecular complexity index is 809. The molecule has 27 heavy (non-hydrogen) atoms. The molecule has 0 unspecified atom stereocenters. The number of benzene rings is 2. The molecule has 0 aromatic heterocycles. The minimum atomic E-state index is -0.818. The van der Waals surface area contributed by atoms with Crippen LogP contribution in [0.5, 0.6) is 11.5 Å². The van der Waals surface area contributed by atoms with E-state index in [4.69, 9.17) is 14.2 Å². The Kier molecular flexibility index (Phi) is 5.93. The summed E-state index contributed by atoms with van der Waals surface area (Å²) in [5.74, 6) is 0.599. The molecule has 0 spiro atoms. The van der Waals surface area contributed by atoms with Crippen molar-refractivity contribution in [3.05, 3.63) is 59.7 Å². The molecule has 2 aromatic rings. The molecule has 7 nitrogen and oxygen atoms in total. The van der Waals surface area contributed by atoms with Crippen LogP contribution in [0.4, 0.5) is 0 Å². The topological polar surface area (TPSA) is 85.9 Å². The van der Waals surface area contributed by atoms with Crippen LogP contribution in [-0.4, -0.2) is 38.7 Å². The molecule has 1 saturated heterocycles. The molecule has 1 fully saturated rings. The lowest BCUT2D eigenvalue weighted by molar-refractivity contribution is -0.148. The van der Waals surface area contributed by atoms with Crippen molar-refractivity contribution in [1.29, 1.82) is 0 Å². The number of rotatable bonds is 6. The average Bonchev–Trinajstić information content (AvgIpc) is 2.72. The fourth-order valence-corrected chi connectivity index (χ4v) is 3.07. The van der Waals surface area contributed by atoms with Gasteiger partial charge in [0.15, 0.2) is 17.6 Å². The fourth-order valence-electron chi connectivity index (χ4n) is 3.07. The second-order valence-electron chi connectivity index (χ2n) is 6.06. The average molecular weight is 370 g/mol. The maximum Gasteiger partial charge on any atom is 0.251 e. The normalized spacial score (nSPS) is 19.1. The van der Waals surface area contributed by atoms with Crippen LogP contribution < -0.4 is 20.1 Å². The first-order valence-corrected chi connectivity index (χ1v) is 8.57. The van der Waals surface area contributed by atoms with Crippen LogP contribution in [0.25, 0.3) is 0 Å². The number of hydrogen-bond donors (Lipinski definition) is 2. The molecule has 2 atom stereocenters. The van der Waals surface area contributed by atoms with Crippen LogP contribution in [0, 0.1) is 0 Å². The molecule has 2 aromatic carbocycles. The van der Waals surface area contributed by atoms with Gasteiger partial charge in [0.2, 0.25) is 5.91 Å². The minimum Gasteiger partial charge on any atom is -0.493 e. The summed E-state index contributed by atoms with van der Waals surface area (Å²) in [5, 5.41) is 5.69. The van der Waals surface area contributed by atoms with Crippen LogP contribution >= 0.6 is 0 Å². The largest absolute Gasteiger partial charge is 0.493 e. The first-order valence-electron chi connectivity index (χ1n) is 8.57.